The molecule has 0 aliphatic heterocycles. The van der Waals surface area contributed by atoms with Crippen LogP contribution in [0.4, 0.5) is 0 Å². The average Bonchev–Trinajstić information content (AvgIpc) is 2.59. The average molecular weight is 246 g/mol. The van der Waals surface area contributed by atoms with E-state index in [-0.39, 0.29) is 6.54 Å². The van der Waals surface area contributed by atoms with Gasteiger partial charge in [-0.05, 0) is 13.3 Å². The molecule has 2 N–H and O–H groups in total. The molecule has 0 aliphatic rings. The standard InChI is InChI=1S/C9H18N4O2S/c1-4-5-13-8(6-10)11-12-9(13)7(2)16(3,14)15/h7H,4-6,10H2,1-3H3. The fourth-order valence-corrected chi connectivity index (χ4v) is 2.02. The Hall–Kier alpha value is -0.950. The van der Waals surface area contributed by atoms with E-state index in [2.05, 4.69) is 10.2 Å². The molecule has 1 unspecified atom stereocenters. The van der Waals surface area contributed by atoms with E-state index in [4.69, 9.17) is 5.73 Å². The summed E-state index contributed by atoms with van der Waals surface area (Å²) in [5, 5.41) is 7.19. The van der Waals surface area contributed by atoms with Gasteiger partial charge in [-0.1, -0.05) is 6.92 Å². The SMILES string of the molecule is CCCn1c(CN)nnc1C(C)S(C)(=O)=O. The third-order valence-corrected chi connectivity index (χ3v) is 3.99. The van der Waals surface area contributed by atoms with Crippen molar-refractivity contribution in [1.29, 1.82) is 0 Å². The largest absolute Gasteiger partial charge is 0.324 e. The second kappa shape index (κ2) is 4.92. The van der Waals surface area contributed by atoms with Crippen LogP contribution in [0, 0.1) is 0 Å². The summed E-state index contributed by atoms with van der Waals surface area (Å²) < 4.78 is 24.7. The van der Waals surface area contributed by atoms with Gasteiger partial charge in [-0.2, -0.15) is 0 Å². The summed E-state index contributed by atoms with van der Waals surface area (Å²) in [6.07, 6.45) is 2.08. The zero-order valence-electron chi connectivity index (χ0n) is 9.84. The van der Waals surface area contributed by atoms with Crippen molar-refractivity contribution in [3.05, 3.63) is 11.6 Å². The minimum atomic E-state index is -3.16. The van der Waals surface area contributed by atoms with Crippen LogP contribution in [-0.4, -0.2) is 29.4 Å². The predicted molar refractivity (Wildman–Crippen MR) is 61.5 cm³/mol. The van der Waals surface area contributed by atoms with Gasteiger partial charge in [-0.15, -0.1) is 10.2 Å². The summed E-state index contributed by atoms with van der Waals surface area (Å²) in [5.74, 6) is 1.11. The highest BCUT2D eigenvalue weighted by atomic mass is 32.2. The fraction of sp³-hybridized carbons (Fsp3) is 0.778. The number of hydrogen-bond acceptors (Lipinski definition) is 5. The smallest absolute Gasteiger partial charge is 0.157 e. The second-order valence-electron chi connectivity index (χ2n) is 3.80. The molecule has 6 nitrogen and oxygen atoms in total. The molecule has 0 amide bonds. The van der Waals surface area contributed by atoms with Gasteiger partial charge in [0.15, 0.2) is 15.7 Å². The van der Waals surface area contributed by atoms with Crippen molar-refractivity contribution < 1.29 is 8.42 Å². The van der Waals surface area contributed by atoms with Gasteiger partial charge < -0.3 is 10.3 Å². The molecular formula is C9H18N4O2S. The normalized spacial score (nSPS) is 14.0. The Morgan fingerprint density at radius 2 is 2.06 bits per heavy atom. The molecule has 1 atom stereocenters. The second-order valence-corrected chi connectivity index (χ2v) is 6.17. The van der Waals surface area contributed by atoms with Crippen molar-refractivity contribution in [1.82, 2.24) is 14.8 Å². The Morgan fingerprint density at radius 1 is 1.44 bits per heavy atom. The van der Waals surface area contributed by atoms with Gasteiger partial charge in [0, 0.05) is 12.8 Å². The first-order valence-corrected chi connectivity index (χ1v) is 7.18. The lowest BCUT2D eigenvalue weighted by atomic mass is 10.4. The number of rotatable bonds is 5. The summed E-state index contributed by atoms with van der Waals surface area (Å²) in [4.78, 5) is 0. The van der Waals surface area contributed by atoms with Crippen LogP contribution >= 0.6 is 0 Å². The molecule has 0 saturated heterocycles. The summed E-state index contributed by atoms with van der Waals surface area (Å²) in [7, 11) is -3.16. The first-order chi connectivity index (χ1) is 7.41. The molecule has 1 rings (SSSR count). The maximum atomic E-state index is 11.5. The minimum Gasteiger partial charge on any atom is -0.324 e. The zero-order chi connectivity index (χ0) is 12.3. The Morgan fingerprint density at radius 3 is 2.50 bits per heavy atom. The van der Waals surface area contributed by atoms with E-state index < -0.39 is 15.1 Å². The van der Waals surface area contributed by atoms with Crippen molar-refractivity contribution >= 4 is 9.84 Å². The third-order valence-electron chi connectivity index (χ3n) is 2.49. The molecule has 0 aromatic carbocycles. The van der Waals surface area contributed by atoms with Crippen molar-refractivity contribution in [3.63, 3.8) is 0 Å². The summed E-state index contributed by atoms with van der Waals surface area (Å²) in [5.41, 5.74) is 5.53. The lowest BCUT2D eigenvalue weighted by molar-refractivity contribution is 0.571. The summed E-state index contributed by atoms with van der Waals surface area (Å²) in [6.45, 7) is 4.58. The van der Waals surface area contributed by atoms with Gasteiger partial charge in [-0.3, -0.25) is 0 Å². The maximum absolute atomic E-state index is 11.5. The van der Waals surface area contributed by atoms with Gasteiger partial charge in [0.05, 0.1) is 6.54 Å². The van der Waals surface area contributed by atoms with Gasteiger partial charge >= 0.3 is 0 Å². The monoisotopic (exact) mass is 246 g/mol. The number of sulfone groups is 1. The number of aromatic nitrogens is 3. The van der Waals surface area contributed by atoms with E-state index in [1.165, 1.54) is 6.26 Å². The summed E-state index contributed by atoms with van der Waals surface area (Å²) >= 11 is 0. The maximum Gasteiger partial charge on any atom is 0.157 e. The molecule has 0 bridgehead atoms. The van der Waals surface area contributed by atoms with Gasteiger partial charge in [0.2, 0.25) is 0 Å². The number of nitrogens with zero attached hydrogens (tertiary/aromatic N) is 3. The first kappa shape index (κ1) is 13.1. The number of hydrogen-bond donors (Lipinski definition) is 1. The molecule has 7 heteroatoms. The molecule has 16 heavy (non-hydrogen) atoms. The Kier molecular flexibility index (Phi) is 4.03. The van der Waals surface area contributed by atoms with E-state index in [0.29, 0.717) is 18.2 Å². The molecule has 1 aromatic heterocycles. The van der Waals surface area contributed by atoms with Crippen LogP contribution in [-0.2, 0) is 22.9 Å². The fourth-order valence-electron chi connectivity index (χ4n) is 1.46. The van der Waals surface area contributed by atoms with Crippen molar-refractivity contribution in [2.45, 2.75) is 38.6 Å². The van der Waals surface area contributed by atoms with Gasteiger partial charge in [0.25, 0.3) is 0 Å². The van der Waals surface area contributed by atoms with Gasteiger partial charge in [-0.25, -0.2) is 8.42 Å². The molecule has 0 aliphatic carbocycles. The highest BCUT2D eigenvalue weighted by Gasteiger charge is 2.24. The third kappa shape index (κ3) is 2.59. The molecule has 0 spiro atoms. The first-order valence-electron chi connectivity index (χ1n) is 5.22. The predicted octanol–water partition coefficient (Wildman–Crippen LogP) is 0.252. The highest BCUT2D eigenvalue weighted by Crippen LogP contribution is 2.20. The van der Waals surface area contributed by atoms with Gasteiger partial charge in [0.1, 0.15) is 11.1 Å². The zero-order valence-corrected chi connectivity index (χ0v) is 10.7. The van der Waals surface area contributed by atoms with Crippen LogP contribution in [0.5, 0.6) is 0 Å². The Labute approximate surface area is 95.8 Å². The topological polar surface area (TPSA) is 90.9 Å². The molecule has 0 fully saturated rings. The lowest BCUT2D eigenvalue weighted by Gasteiger charge is -2.12. The Bertz CT molecular complexity index is 452. The van der Waals surface area contributed by atoms with Crippen LogP contribution < -0.4 is 5.73 Å². The molecule has 92 valence electrons. The minimum absolute atomic E-state index is 0.267. The van der Waals surface area contributed by atoms with Crippen LogP contribution in [0.3, 0.4) is 0 Å². The van der Waals surface area contributed by atoms with Crippen LogP contribution in [0.15, 0.2) is 0 Å². The molecule has 1 heterocycles. The van der Waals surface area contributed by atoms with Crippen LogP contribution in [0.1, 0.15) is 37.2 Å². The molecule has 0 radical (unpaired) electrons. The van der Waals surface area contributed by atoms with Crippen molar-refractivity contribution in [2.75, 3.05) is 6.26 Å². The lowest BCUT2D eigenvalue weighted by Crippen LogP contribution is -2.16. The molecule has 0 saturated carbocycles. The van der Waals surface area contributed by atoms with Crippen LogP contribution in [0.25, 0.3) is 0 Å². The van der Waals surface area contributed by atoms with Crippen LogP contribution in [0.2, 0.25) is 0 Å². The van der Waals surface area contributed by atoms with Crippen molar-refractivity contribution in [2.24, 2.45) is 5.73 Å². The van der Waals surface area contributed by atoms with E-state index in [1.807, 2.05) is 6.92 Å². The van der Waals surface area contributed by atoms with E-state index in [1.54, 1.807) is 11.5 Å². The van der Waals surface area contributed by atoms with E-state index >= 15 is 0 Å². The quantitative estimate of drug-likeness (QED) is 0.804. The van der Waals surface area contributed by atoms with E-state index in [0.717, 1.165) is 6.42 Å². The number of nitrogens with two attached hydrogens (primary N) is 1. The highest BCUT2D eigenvalue weighted by molar-refractivity contribution is 7.90. The molecular weight excluding hydrogens is 228 g/mol. The molecule has 1 aromatic rings. The van der Waals surface area contributed by atoms with E-state index in [9.17, 15) is 8.42 Å². The van der Waals surface area contributed by atoms with Crippen molar-refractivity contribution in [3.8, 4) is 0 Å². The Balaban J connectivity index is 3.18. The summed E-state index contributed by atoms with van der Waals surface area (Å²) in [6, 6.07) is 0.